The third kappa shape index (κ3) is 5.92. The summed E-state index contributed by atoms with van der Waals surface area (Å²) in [6, 6.07) is -3.32. The number of carboxylic acids is 1. The average molecular weight is 399 g/mol. The van der Waals surface area contributed by atoms with Crippen molar-refractivity contribution >= 4 is 23.7 Å². The smallest absolute Gasteiger partial charge is 0.326 e. The van der Waals surface area contributed by atoms with Crippen molar-refractivity contribution in [3.63, 3.8) is 0 Å². The first-order valence-corrected chi connectivity index (χ1v) is 9.90. The van der Waals surface area contributed by atoms with Crippen LogP contribution in [0, 0.1) is 11.8 Å². The molecule has 0 radical (unpaired) electrons. The molecule has 9 heteroatoms. The van der Waals surface area contributed by atoms with Crippen molar-refractivity contribution in [3.8, 4) is 0 Å². The number of rotatable bonds is 9. The highest BCUT2D eigenvalue weighted by atomic mass is 16.4. The molecule has 3 amide bonds. The van der Waals surface area contributed by atoms with Crippen LogP contribution in [0.1, 0.15) is 53.9 Å². The van der Waals surface area contributed by atoms with E-state index >= 15 is 0 Å². The summed E-state index contributed by atoms with van der Waals surface area (Å²) in [6.07, 6.45) is 1.66. The normalized spacial score (nSPS) is 21.0. The molecule has 0 spiro atoms. The zero-order valence-electron chi connectivity index (χ0n) is 17.4. The summed E-state index contributed by atoms with van der Waals surface area (Å²) in [5, 5.41) is 14.6. The van der Waals surface area contributed by atoms with Gasteiger partial charge >= 0.3 is 5.97 Å². The Morgan fingerprint density at radius 2 is 1.71 bits per heavy atom. The lowest BCUT2D eigenvalue weighted by Gasteiger charge is -2.29. The van der Waals surface area contributed by atoms with Crippen LogP contribution in [-0.2, 0) is 19.2 Å². The van der Waals surface area contributed by atoms with Gasteiger partial charge in [0.2, 0.25) is 17.7 Å². The van der Waals surface area contributed by atoms with Crippen LogP contribution >= 0.6 is 0 Å². The van der Waals surface area contributed by atoms with Gasteiger partial charge in [0.25, 0.3) is 0 Å². The molecular formula is C19H34N4O5. The van der Waals surface area contributed by atoms with Gasteiger partial charge in [-0.2, -0.15) is 0 Å². The van der Waals surface area contributed by atoms with E-state index in [1.54, 1.807) is 0 Å². The molecule has 1 aliphatic heterocycles. The summed E-state index contributed by atoms with van der Waals surface area (Å²) in [5.41, 5.74) is 5.87. The Morgan fingerprint density at radius 1 is 1.11 bits per heavy atom. The largest absolute Gasteiger partial charge is 0.480 e. The van der Waals surface area contributed by atoms with E-state index in [0.717, 1.165) is 0 Å². The Kier molecular flexibility index (Phi) is 8.87. The fourth-order valence-corrected chi connectivity index (χ4v) is 3.16. The summed E-state index contributed by atoms with van der Waals surface area (Å²) in [4.78, 5) is 50.3. The zero-order valence-corrected chi connectivity index (χ0v) is 17.4. The first kappa shape index (κ1) is 23.9. The first-order valence-electron chi connectivity index (χ1n) is 9.90. The lowest BCUT2D eigenvalue weighted by molar-refractivity contribution is -0.149. The molecule has 0 bridgehead atoms. The van der Waals surface area contributed by atoms with Gasteiger partial charge in [-0.05, 0) is 31.6 Å². The van der Waals surface area contributed by atoms with Gasteiger partial charge in [0.15, 0.2) is 0 Å². The number of carboxylic acid groups (broad SMARTS) is 1. The van der Waals surface area contributed by atoms with Gasteiger partial charge in [0.1, 0.15) is 18.1 Å². The minimum absolute atomic E-state index is 0.0794. The highest BCUT2D eigenvalue weighted by molar-refractivity contribution is 5.94. The molecule has 0 aromatic carbocycles. The fraction of sp³-hybridized carbons (Fsp3) is 0.789. The number of aliphatic carboxylic acids is 1. The van der Waals surface area contributed by atoms with E-state index in [4.69, 9.17) is 5.73 Å². The summed E-state index contributed by atoms with van der Waals surface area (Å²) < 4.78 is 0. The SMILES string of the molecule is CCC(C)C(NC(=O)C(N)C(C)C)C(=O)NC(C)C(=O)N1CCCC1C(=O)O. The highest BCUT2D eigenvalue weighted by Gasteiger charge is 2.37. The standard InChI is InChI=1S/C19H34N4O5/c1-6-11(4)15(22-16(24)14(20)10(2)3)17(25)21-12(5)18(26)23-9-7-8-13(23)19(27)28/h10-15H,6-9,20H2,1-5H3,(H,21,25)(H,22,24)(H,27,28). The van der Waals surface area contributed by atoms with Crippen molar-refractivity contribution in [2.45, 2.75) is 78.0 Å². The minimum Gasteiger partial charge on any atom is -0.480 e. The lowest BCUT2D eigenvalue weighted by Crippen LogP contribution is -2.58. The van der Waals surface area contributed by atoms with Crippen LogP contribution in [0.4, 0.5) is 0 Å². The predicted octanol–water partition coefficient (Wildman–Crippen LogP) is 0.0809. The molecule has 5 atom stereocenters. The number of hydrogen-bond acceptors (Lipinski definition) is 5. The fourth-order valence-electron chi connectivity index (χ4n) is 3.16. The molecule has 9 nitrogen and oxygen atoms in total. The molecular weight excluding hydrogens is 364 g/mol. The van der Waals surface area contributed by atoms with E-state index in [2.05, 4.69) is 10.6 Å². The highest BCUT2D eigenvalue weighted by Crippen LogP contribution is 2.18. The van der Waals surface area contributed by atoms with Gasteiger partial charge in [0, 0.05) is 6.54 Å². The molecule has 160 valence electrons. The van der Waals surface area contributed by atoms with Crippen LogP contribution in [0.2, 0.25) is 0 Å². The molecule has 1 rings (SSSR count). The topological polar surface area (TPSA) is 142 Å². The van der Waals surface area contributed by atoms with Gasteiger partial charge < -0.3 is 26.4 Å². The van der Waals surface area contributed by atoms with E-state index in [1.165, 1.54) is 11.8 Å². The number of carbonyl (C=O) groups excluding carboxylic acids is 3. The Hall–Kier alpha value is -2.16. The number of likely N-dealkylation sites (tertiary alicyclic amines) is 1. The Bertz CT molecular complexity index is 595. The number of nitrogens with one attached hydrogen (secondary N) is 2. The number of nitrogens with zero attached hydrogens (tertiary/aromatic N) is 1. The molecule has 1 aliphatic rings. The maximum atomic E-state index is 12.8. The number of hydrogen-bond donors (Lipinski definition) is 4. The van der Waals surface area contributed by atoms with Gasteiger partial charge in [-0.15, -0.1) is 0 Å². The Labute approximate surface area is 166 Å². The van der Waals surface area contributed by atoms with Crippen molar-refractivity contribution in [2.75, 3.05) is 6.54 Å². The molecule has 0 aromatic heterocycles. The quantitative estimate of drug-likeness (QED) is 0.433. The molecule has 28 heavy (non-hydrogen) atoms. The van der Waals surface area contributed by atoms with E-state index < -0.39 is 47.9 Å². The van der Waals surface area contributed by atoms with E-state index in [-0.39, 0.29) is 11.8 Å². The van der Waals surface area contributed by atoms with Crippen LogP contribution < -0.4 is 16.4 Å². The Balaban J connectivity index is 2.82. The number of amides is 3. The summed E-state index contributed by atoms with van der Waals surface area (Å²) >= 11 is 0. The molecule has 1 saturated heterocycles. The molecule has 0 aliphatic carbocycles. The second-order valence-corrected chi connectivity index (χ2v) is 7.90. The van der Waals surface area contributed by atoms with Crippen LogP contribution in [0.25, 0.3) is 0 Å². The summed E-state index contributed by atoms with van der Waals surface area (Å²) in [6.45, 7) is 9.24. The maximum absolute atomic E-state index is 12.8. The molecule has 0 aromatic rings. The van der Waals surface area contributed by atoms with E-state index in [0.29, 0.717) is 25.8 Å². The Morgan fingerprint density at radius 3 is 2.21 bits per heavy atom. The lowest BCUT2D eigenvalue weighted by atomic mass is 9.96. The maximum Gasteiger partial charge on any atom is 0.326 e. The molecule has 1 heterocycles. The number of nitrogens with two attached hydrogens (primary N) is 1. The van der Waals surface area contributed by atoms with Crippen molar-refractivity contribution < 1.29 is 24.3 Å². The second-order valence-electron chi connectivity index (χ2n) is 7.90. The second kappa shape index (κ2) is 10.4. The molecule has 0 saturated carbocycles. The third-order valence-corrected chi connectivity index (χ3v) is 5.36. The zero-order chi connectivity index (χ0) is 21.6. The minimum atomic E-state index is -1.04. The van der Waals surface area contributed by atoms with E-state index in [1.807, 2.05) is 27.7 Å². The first-order chi connectivity index (χ1) is 13.0. The van der Waals surface area contributed by atoms with Crippen LogP contribution in [0.3, 0.4) is 0 Å². The van der Waals surface area contributed by atoms with Gasteiger partial charge in [0.05, 0.1) is 6.04 Å². The monoisotopic (exact) mass is 398 g/mol. The van der Waals surface area contributed by atoms with Gasteiger partial charge in [-0.1, -0.05) is 34.1 Å². The van der Waals surface area contributed by atoms with Crippen molar-refractivity contribution in [2.24, 2.45) is 17.6 Å². The molecule has 5 unspecified atom stereocenters. The third-order valence-electron chi connectivity index (χ3n) is 5.36. The summed E-state index contributed by atoms with van der Waals surface area (Å²) in [7, 11) is 0. The van der Waals surface area contributed by atoms with Crippen molar-refractivity contribution in [1.82, 2.24) is 15.5 Å². The molecule has 1 fully saturated rings. The number of carbonyl (C=O) groups is 4. The van der Waals surface area contributed by atoms with E-state index in [9.17, 15) is 24.3 Å². The van der Waals surface area contributed by atoms with Gasteiger partial charge in [-0.25, -0.2) is 4.79 Å². The van der Waals surface area contributed by atoms with Crippen LogP contribution in [0.5, 0.6) is 0 Å². The summed E-state index contributed by atoms with van der Waals surface area (Å²) in [5.74, 6) is -2.62. The van der Waals surface area contributed by atoms with Crippen LogP contribution in [0.15, 0.2) is 0 Å². The predicted molar refractivity (Wildman–Crippen MR) is 104 cm³/mol. The molecule has 5 N–H and O–H groups in total. The van der Waals surface area contributed by atoms with Gasteiger partial charge in [-0.3, -0.25) is 14.4 Å². The van der Waals surface area contributed by atoms with Crippen LogP contribution in [-0.4, -0.2) is 64.4 Å². The van der Waals surface area contributed by atoms with Crippen molar-refractivity contribution in [1.29, 1.82) is 0 Å². The average Bonchev–Trinajstić information content (AvgIpc) is 3.13. The van der Waals surface area contributed by atoms with Crippen molar-refractivity contribution in [3.05, 3.63) is 0 Å².